The van der Waals surface area contributed by atoms with Crippen LogP contribution in [-0.4, -0.2) is 17.3 Å². The summed E-state index contributed by atoms with van der Waals surface area (Å²) in [4.78, 5) is 13.3. The second-order valence-electron chi connectivity index (χ2n) is 11.5. The van der Waals surface area contributed by atoms with Crippen LogP contribution < -0.4 is 5.32 Å². The van der Waals surface area contributed by atoms with Gasteiger partial charge in [0.2, 0.25) is 5.91 Å². The number of carbonyl (C=O) groups excluding carboxylic acids is 1. The van der Waals surface area contributed by atoms with Gasteiger partial charge in [-0.1, -0.05) is 0 Å². The fourth-order valence-electron chi connectivity index (χ4n) is 9.38. The molecule has 1 amide bonds. The van der Waals surface area contributed by atoms with Crippen LogP contribution in [0.3, 0.4) is 0 Å². The van der Waals surface area contributed by atoms with Gasteiger partial charge < -0.3 is 5.32 Å². The number of amides is 1. The van der Waals surface area contributed by atoms with Crippen molar-refractivity contribution in [3.05, 3.63) is 0 Å². The van der Waals surface area contributed by atoms with Gasteiger partial charge in [-0.2, -0.15) is 0 Å². The Morgan fingerprint density at radius 1 is 0.800 bits per heavy atom. The standard InChI is InChI=1S/C22H32ClNO/c23-22-10-17-4-18(11-22)9-21(8-17,12-22)19(25)24-13-20-5-14-1-15(6-20)3-16(2-14)7-20/h14-18H,1-13H2,(H,24,25)/t14?,15?,16?,17-,18-,20?,21?,22?/m0/s1. The molecule has 8 bridgehead atoms. The maximum atomic E-state index is 13.4. The number of alkyl halides is 1. The lowest BCUT2D eigenvalue weighted by atomic mass is 9.48. The van der Waals surface area contributed by atoms with E-state index in [1.54, 1.807) is 0 Å². The van der Waals surface area contributed by atoms with E-state index in [2.05, 4.69) is 5.32 Å². The van der Waals surface area contributed by atoms with E-state index in [9.17, 15) is 4.79 Å². The lowest BCUT2D eigenvalue weighted by molar-refractivity contribution is -0.146. The first-order valence-electron chi connectivity index (χ1n) is 10.9. The van der Waals surface area contributed by atoms with Crippen molar-refractivity contribution in [3.8, 4) is 0 Å². The summed E-state index contributed by atoms with van der Waals surface area (Å²) in [6.07, 6.45) is 15.4. The summed E-state index contributed by atoms with van der Waals surface area (Å²) < 4.78 is 0. The molecule has 25 heavy (non-hydrogen) atoms. The summed E-state index contributed by atoms with van der Waals surface area (Å²) in [6, 6.07) is 0. The molecule has 8 saturated carbocycles. The van der Waals surface area contributed by atoms with Crippen molar-refractivity contribution in [2.24, 2.45) is 40.4 Å². The summed E-state index contributed by atoms with van der Waals surface area (Å²) in [5.74, 6) is 4.70. The highest BCUT2D eigenvalue weighted by atomic mass is 35.5. The smallest absolute Gasteiger partial charge is 0.226 e. The van der Waals surface area contributed by atoms with Crippen LogP contribution in [0.5, 0.6) is 0 Å². The fourth-order valence-corrected chi connectivity index (χ4v) is 10.1. The monoisotopic (exact) mass is 361 g/mol. The minimum absolute atomic E-state index is 0.0535. The van der Waals surface area contributed by atoms with E-state index >= 15 is 0 Å². The lowest BCUT2D eigenvalue weighted by Gasteiger charge is -2.60. The highest BCUT2D eigenvalue weighted by Crippen LogP contribution is 2.64. The molecule has 0 aliphatic heterocycles. The normalized spacial score (nSPS) is 57.9. The van der Waals surface area contributed by atoms with Gasteiger partial charge in [0.25, 0.3) is 0 Å². The maximum absolute atomic E-state index is 13.4. The largest absolute Gasteiger partial charge is 0.355 e. The van der Waals surface area contributed by atoms with Gasteiger partial charge in [0.05, 0.1) is 5.41 Å². The Hall–Kier alpha value is -0.240. The van der Waals surface area contributed by atoms with Crippen LogP contribution in [0, 0.1) is 40.4 Å². The van der Waals surface area contributed by atoms with Crippen molar-refractivity contribution in [3.63, 3.8) is 0 Å². The summed E-state index contributed by atoms with van der Waals surface area (Å²) >= 11 is 6.94. The van der Waals surface area contributed by atoms with Gasteiger partial charge in [0.1, 0.15) is 0 Å². The zero-order valence-corrected chi connectivity index (χ0v) is 16.1. The van der Waals surface area contributed by atoms with Crippen molar-refractivity contribution in [1.29, 1.82) is 0 Å². The Balaban J connectivity index is 1.18. The lowest BCUT2D eigenvalue weighted by Crippen LogP contribution is -2.60. The van der Waals surface area contributed by atoms with Gasteiger partial charge in [0, 0.05) is 11.4 Å². The Bertz CT molecular complexity index is 564. The number of hydrogen-bond acceptors (Lipinski definition) is 1. The van der Waals surface area contributed by atoms with Crippen LogP contribution in [0.2, 0.25) is 0 Å². The van der Waals surface area contributed by atoms with Crippen LogP contribution in [0.25, 0.3) is 0 Å². The van der Waals surface area contributed by atoms with Gasteiger partial charge in [-0.3, -0.25) is 4.79 Å². The van der Waals surface area contributed by atoms with Crippen molar-refractivity contribution < 1.29 is 4.79 Å². The quantitative estimate of drug-likeness (QED) is 0.712. The zero-order chi connectivity index (χ0) is 16.9. The maximum Gasteiger partial charge on any atom is 0.226 e. The molecule has 0 aromatic carbocycles. The van der Waals surface area contributed by atoms with Crippen molar-refractivity contribution in [1.82, 2.24) is 5.32 Å². The Kier molecular flexibility index (Phi) is 3.14. The van der Waals surface area contributed by atoms with Crippen molar-refractivity contribution in [2.45, 2.75) is 81.9 Å². The number of halogens is 1. The van der Waals surface area contributed by atoms with E-state index in [1.807, 2.05) is 0 Å². The van der Waals surface area contributed by atoms with Gasteiger partial charge >= 0.3 is 0 Å². The summed E-state index contributed by atoms with van der Waals surface area (Å²) in [5, 5.41) is 3.52. The molecule has 2 nitrogen and oxygen atoms in total. The highest BCUT2D eigenvalue weighted by Gasteiger charge is 2.60. The topological polar surface area (TPSA) is 29.1 Å². The first-order valence-corrected chi connectivity index (χ1v) is 11.3. The average molecular weight is 362 g/mol. The Labute approximate surface area is 156 Å². The van der Waals surface area contributed by atoms with Crippen LogP contribution in [0.1, 0.15) is 77.0 Å². The summed E-state index contributed by atoms with van der Waals surface area (Å²) in [6.45, 7) is 0.960. The van der Waals surface area contributed by atoms with Gasteiger partial charge in [-0.25, -0.2) is 0 Å². The summed E-state index contributed by atoms with van der Waals surface area (Å²) in [7, 11) is 0. The third-order valence-electron chi connectivity index (χ3n) is 9.26. The molecule has 8 aliphatic rings. The van der Waals surface area contributed by atoms with E-state index in [1.165, 1.54) is 44.9 Å². The second-order valence-corrected chi connectivity index (χ2v) is 12.3. The SMILES string of the molecule is O=C(NCC12CC3CC(CC(C3)C1)C2)C12C[C@@H]3C[C@H](CC(Cl)(C3)C1)C2. The minimum atomic E-state index is -0.117. The third-order valence-corrected chi connectivity index (χ3v) is 9.70. The minimum Gasteiger partial charge on any atom is -0.355 e. The number of carbonyl (C=O) groups is 1. The molecule has 0 heterocycles. The molecule has 0 spiro atoms. The molecule has 0 unspecified atom stereocenters. The van der Waals surface area contributed by atoms with E-state index in [0.717, 1.165) is 56.4 Å². The van der Waals surface area contributed by atoms with Crippen LogP contribution in [0.15, 0.2) is 0 Å². The molecular formula is C22H32ClNO. The molecule has 138 valence electrons. The molecule has 2 atom stereocenters. The number of nitrogens with one attached hydrogen (secondary N) is 1. The van der Waals surface area contributed by atoms with Gasteiger partial charge in [-0.05, 0) is 112 Å². The molecule has 8 fully saturated rings. The highest BCUT2D eigenvalue weighted by molar-refractivity contribution is 6.24. The van der Waals surface area contributed by atoms with E-state index in [0.29, 0.717) is 23.2 Å². The van der Waals surface area contributed by atoms with Gasteiger partial charge in [0.15, 0.2) is 0 Å². The fraction of sp³-hybridized carbons (Fsp3) is 0.955. The zero-order valence-electron chi connectivity index (χ0n) is 15.4. The summed E-state index contributed by atoms with van der Waals surface area (Å²) in [5.41, 5.74) is 0.333. The molecule has 1 N–H and O–H groups in total. The first kappa shape index (κ1) is 15.8. The van der Waals surface area contributed by atoms with Crippen molar-refractivity contribution >= 4 is 17.5 Å². The molecule has 0 aromatic heterocycles. The first-order chi connectivity index (χ1) is 11.9. The molecule has 0 radical (unpaired) electrons. The predicted octanol–water partition coefficient (Wildman–Crippen LogP) is 4.90. The van der Waals surface area contributed by atoms with Crippen LogP contribution in [0.4, 0.5) is 0 Å². The molecule has 8 rings (SSSR count). The van der Waals surface area contributed by atoms with Crippen molar-refractivity contribution in [2.75, 3.05) is 6.54 Å². The Morgan fingerprint density at radius 2 is 1.32 bits per heavy atom. The van der Waals surface area contributed by atoms with E-state index < -0.39 is 0 Å². The van der Waals surface area contributed by atoms with Crippen LogP contribution in [-0.2, 0) is 4.79 Å². The molecule has 0 aromatic rings. The molecule has 8 aliphatic carbocycles. The second kappa shape index (κ2) is 4.97. The molecular weight excluding hydrogens is 330 g/mol. The van der Waals surface area contributed by atoms with Crippen LogP contribution >= 0.6 is 11.6 Å². The van der Waals surface area contributed by atoms with E-state index in [4.69, 9.17) is 11.6 Å². The third kappa shape index (κ3) is 2.38. The number of rotatable bonds is 3. The average Bonchev–Trinajstić information content (AvgIpc) is 2.49. The van der Waals surface area contributed by atoms with Gasteiger partial charge in [-0.15, -0.1) is 11.6 Å². The van der Waals surface area contributed by atoms with E-state index in [-0.39, 0.29) is 10.3 Å². The molecule has 3 heteroatoms. The Morgan fingerprint density at radius 3 is 1.84 bits per heavy atom. The number of hydrogen-bond donors (Lipinski definition) is 1. The molecule has 0 saturated heterocycles. The predicted molar refractivity (Wildman–Crippen MR) is 99.3 cm³/mol.